The van der Waals surface area contributed by atoms with Gasteiger partial charge in [-0.1, -0.05) is 43.7 Å². The van der Waals surface area contributed by atoms with Gasteiger partial charge in [-0.05, 0) is 40.0 Å². The number of carbonyl (C=O) groups excluding carboxylic acids is 1. The number of nitrogens with zero attached hydrogens (tertiary/aromatic N) is 1. The molecule has 1 aromatic carbocycles. The Morgan fingerprint density at radius 3 is 2.60 bits per heavy atom. The van der Waals surface area contributed by atoms with Crippen LogP contribution in [-0.2, 0) is 4.79 Å². The molecule has 0 aliphatic heterocycles. The molecule has 20 heavy (non-hydrogen) atoms. The third-order valence-corrected chi connectivity index (χ3v) is 3.54. The lowest BCUT2D eigenvalue weighted by molar-refractivity contribution is -0.117. The van der Waals surface area contributed by atoms with Gasteiger partial charge in [-0.15, -0.1) is 0 Å². The number of rotatable bonds is 5. The van der Waals surface area contributed by atoms with Crippen molar-refractivity contribution in [2.75, 3.05) is 5.32 Å². The van der Waals surface area contributed by atoms with Crippen LogP contribution in [0.2, 0.25) is 0 Å². The van der Waals surface area contributed by atoms with E-state index in [1.54, 1.807) is 12.3 Å². The van der Waals surface area contributed by atoms with Gasteiger partial charge in [-0.25, -0.2) is 4.98 Å². The Balaban J connectivity index is 2.13. The number of nitrogens with one attached hydrogen (secondary N) is 1. The van der Waals surface area contributed by atoms with E-state index in [0.29, 0.717) is 5.82 Å². The van der Waals surface area contributed by atoms with Gasteiger partial charge in [-0.2, -0.15) is 0 Å². The van der Waals surface area contributed by atoms with E-state index in [0.717, 1.165) is 22.9 Å². The van der Waals surface area contributed by atoms with E-state index in [-0.39, 0.29) is 11.8 Å². The molecule has 1 unspecified atom stereocenters. The molecule has 2 aromatic rings. The van der Waals surface area contributed by atoms with Gasteiger partial charge in [0, 0.05) is 10.7 Å². The molecule has 0 radical (unpaired) electrons. The Bertz CT molecular complexity index is 554. The second kappa shape index (κ2) is 7.20. The highest BCUT2D eigenvalue weighted by Crippen LogP contribution is 2.23. The lowest BCUT2D eigenvalue weighted by atomic mass is 9.94. The normalized spacial score (nSPS) is 11.9. The molecule has 4 heteroatoms. The second-order valence-electron chi connectivity index (χ2n) is 4.60. The fourth-order valence-corrected chi connectivity index (χ4v) is 2.32. The standard InChI is InChI=1S/C16H17BrN2O/c1-2-6-14(12-7-4-3-5-8-12)16(20)19-15-10-9-13(17)11-18-15/h3-5,7-11,14H,2,6H2,1H3,(H,18,19,20). The summed E-state index contributed by atoms with van der Waals surface area (Å²) >= 11 is 3.33. The fraction of sp³-hybridized carbons (Fsp3) is 0.250. The zero-order valence-electron chi connectivity index (χ0n) is 11.3. The maximum Gasteiger partial charge on any atom is 0.233 e. The van der Waals surface area contributed by atoms with Gasteiger partial charge < -0.3 is 5.32 Å². The summed E-state index contributed by atoms with van der Waals surface area (Å²) in [5.41, 5.74) is 1.05. The summed E-state index contributed by atoms with van der Waals surface area (Å²) in [4.78, 5) is 16.6. The first kappa shape index (κ1) is 14.7. The van der Waals surface area contributed by atoms with E-state index >= 15 is 0 Å². The smallest absolute Gasteiger partial charge is 0.233 e. The lowest BCUT2D eigenvalue weighted by Crippen LogP contribution is -2.21. The number of hydrogen-bond donors (Lipinski definition) is 1. The van der Waals surface area contributed by atoms with Crippen LogP contribution < -0.4 is 5.32 Å². The summed E-state index contributed by atoms with van der Waals surface area (Å²) in [5.74, 6) is 0.440. The molecule has 0 fully saturated rings. The lowest BCUT2D eigenvalue weighted by Gasteiger charge is -2.16. The summed E-state index contributed by atoms with van der Waals surface area (Å²) in [5, 5.41) is 2.88. The van der Waals surface area contributed by atoms with E-state index < -0.39 is 0 Å². The van der Waals surface area contributed by atoms with Gasteiger partial charge in [0.1, 0.15) is 5.82 Å². The highest BCUT2D eigenvalue weighted by Gasteiger charge is 2.19. The molecule has 1 atom stereocenters. The van der Waals surface area contributed by atoms with Crippen molar-refractivity contribution < 1.29 is 4.79 Å². The molecule has 1 amide bonds. The maximum absolute atomic E-state index is 12.4. The molecule has 3 nitrogen and oxygen atoms in total. The van der Waals surface area contributed by atoms with Crippen molar-refractivity contribution >= 4 is 27.7 Å². The van der Waals surface area contributed by atoms with Gasteiger partial charge >= 0.3 is 0 Å². The van der Waals surface area contributed by atoms with Gasteiger partial charge in [0.25, 0.3) is 0 Å². The number of hydrogen-bond acceptors (Lipinski definition) is 2. The number of halogens is 1. The average Bonchev–Trinajstić information content (AvgIpc) is 2.48. The summed E-state index contributed by atoms with van der Waals surface area (Å²) in [6.45, 7) is 2.08. The van der Waals surface area contributed by atoms with Crippen molar-refractivity contribution in [2.24, 2.45) is 0 Å². The van der Waals surface area contributed by atoms with Crippen molar-refractivity contribution in [3.05, 3.63) is 58.7 Å². The molecule has 0 saturated heterocycles. The molecule has 1 heterocycles. The Kier molecular flexibility index (Phi) is 5.30. The molecule has 0 aliphatic rings. The minimum absolute atomic E-state index is 0.00660. The Morgan fingerprint density at radius 1 is 1.25 bits per heavy atom. The van der Waals surface area contributed by atoms with E-state index in [1.807, 2.05) is 36.4 Å². The van der Waals surface area contributed by atoms with E-state index in [2.05, 4.69) is 33.2 Å². The van der Waals surface area contributed by atoms with Crippen LogP contribution in [0.5, 0.6) is 0 Å². The van der Waals surface area contributed by atoms with E-state index in [1.165, 1.54) is 0 Å². The average molecular weight is 333 g/mol. The molecule has 0 saturated carbocycles. The predicted molar refractivity (Wildman–Crippen MR) is 84.7 cm³/mol. The highest BCUT2D eigenvalue weighted by molar-refractivity contribution is 9.10. The van der Waals surface area contributed by atoms with Crippen LogP contribution in [0.4, 0.5) is 5.82 Å². The molecular weight excluding hydrogens is 316 g/mol. The Hall–Kier alpha value is -1.68. The molecule has 1 aromatic heterocycles. The molecule has 104 valence electrons. The van der Waals surface area contributed by atoms with Crippen LogP contribution in [-0.4, -0.2) is 10.9 Å². The van der Waals surface area contributed by atoms with Crippen LogP contribution in [0.1, 0.15) is 31.2 Å². The van der Waals surface area contributed by atoms with Crippen molar-refractivity contribution in [2.45, 2.75) is 25.7 Å². The zero-order chi connectivity index (χ0) is 14.4. The van der Waals surface area contributed by atoms with Crippen LogP contribution in [0.15, 0.2) is 53.1 Å². The number of amides is 1. The first-order valence-electron chi connectivity index (χ1n) is 6.68. The maximum atomic E-state index is 12.4. The third kappa shape index (κ3) is 3.90. The van der Waals surface area contributed by atoms with Gasteiger partial charge in [-0.3, -0.25) is 4.79 Å². The van der Waals surface area contributed by atoms with Crippen molar-refractivity contribution in [3.8, 4) is 0 Å². The third-order valence-electron chi connectivity index (χ3n) is 3.07. The van der Waals surface area contributed by atoms with Crippen molar-refractivity contribution in [1.82, 2.24) is 4.98 Å². The van der Waals surface area contributed by atoms with Gasteiger partial charge in [0.2, 0.25) is 5.91 Å². The number of anilines is 1. The highest BCUT2D eigenvalue weighted by atomic mass is 79.9. The number of aromatic nitrogens is 1. The minimum atomic E-state index is -0.133. The van der Waals surface area contributed by atoms with Crippen molar-refractivity contribution in [1.29, 1.82) is 0 Å². The minimum Gasteiger partial charge on any atom is -0.310 e. The Morgan fingerprint density at radius 2 is 2.00 bits per heavy atom. The number of pyridine rings is 1. The van der Waals surface area contributed by atoms with Crippen LogP contribution >= 0.6 is 15.9 Å². The van der Waals surface area contributed by atoms with Crippen LogP contribution in [0.25, 0.3) is 0 Å². The fourth-order valence-electron chi connectivity index (χ4n) is 2.09. The van der Waals surface area contributed by atoms with Crippen LogP contribution in [0.3, 0.4) is 0 Å². The number of carbonyl (C=O) groups is 1. The molecule has 1 N–H and O–H groups in total. The largest absolute Gasteiger partial charge is 0.310 e. The van der Waals surface area contributed by atoms with Crippen LogP contribution in [0, 0.1) is 0 Å². The molecule has 0 aliphatic carbocycles. The summed E-state index contributed by atoms with van der Waals surface area (Å²) in [6.07, 6.45) is 3.46. The SMILES string of the molecule is CCCC(C(=O)Nc1ccc(Br)cn1)c1ccccc1. The molecule has 2 rings (SSSR count). The summed E-state index contributed by atoms with van der Waals surface area (Å²) < 4.78 is 0.892. The first-order valence-corrected chi connectivity index (χ1v) is 7.47. The monoisotopic (exact) mass is 332 g/mol. The van der Waals surface area contributed by atoms with E-state index in [4.69, 9.17) is 0 Å². The molecule has 0 bridgehead atoms. The molecular formula is C16H17BrN2O. The zero-order valence-corrected chi connectivity index (χ0v) is 12.9. The first-order chi connectivity index (χ1) is 9.70. The topological polar surface area (TPSA) is 42.0 Å². The van der Waals surface area contributed by atoms with Gasteiger partial charge in [0.15, 0.2) is 0 Å². The van der Waals surface area contributed by atoms with E-state index in [9.17, 15) is 4.79 Å². The predicted octanol–water partition coefficient (Wildman–Crippen LogP) is 4.37. The Labute approximate surface area is 127 Å². The summed E-state index contributed by atoms with van der Waals surface area (Å²) in [7, 11) is 0. The molecule has 0 spiro atoms. The van der Waals surface area contributed by atoms with Gasteiger partial charge in [0.05, 0.1) is 5.92 Å². The number of benzene rings is 1. The summed E-state index contributed by atoms with van der Waals surface area (Å²) in [6, 6.07) is 13.5. The van der Waals surface area contributed by atoms with Crippen molar-refractivity contribution in [3.63, 3.8) is 0 Å². The quantitative estimate of drug-likeness (QED) is 0.883. The second-order valence-corrected chi connectivity index (χ2v) is 5.52.